The van der Waals surface area contributed by atoms with E-state index in [2.05, 4.69) is 51.1 Å². The Morgan fingerprint density at radius 1 is 1.30 bits per heavy atom. The lowest BCUT2D eigenvalue weighted by molar-refractivity contribution is 0.759. The highest BCUT2D eigenvalue weighted by Crippen LogP contribution is 2.51. The van der Waals surface area contributed by atoms with E-state index in [0.717, 1.165) is 24.6 Å². The maximum atomic E-state index is 4.31. The first-order chi connectivity index (χ1) is 11.2. The number of aryl methyl sites for hydroxylation is 1. The molecule has 0 saturated heterocycles. The zero-order valence-electron chi connectivity index (χ0n) is 13.6. The van der Waals surface area contributed by atoms with Gasteiger partial charge in [-0.1, -0.05) is 18.2 Å². The number of nitrogens with one attached hydrogen (secondary N) is 2. The van der Waals surface area contributed by atoms with E-state index in [4.69, 9.17) is 0 Å². The van der Waals surface area contributed by atoms with Crippen molar-refractivity contribution in [3.05, 3.63) is 48.3 Å². The Bertz CT molecular complexity index is 661. The third-order valence-corrected chi connectivity index (χ3v) is 5.40. The summed E-state index contributed by atoms with van der Waals surface area (Å²) in [4.78, 5) is 5.64. The third-order valence-electron chi connectivity index (χ3n) is 3.91. The fourth-order valence-electron chi connectivity index (χ4n) is 2.41. The van der Waals surface area contributed by atoms with Gasteiger partial charge in [-0.05, 0) is 25.0 Å². The molecule has 3 rings (SSSR count). The lowest BCUT2D eigenvalue weighted by Gasteiger charge is -2.18. The van der Waals surface area contributed by atoms with Crippen molar-refractivity contribution >= 4 is 17.7 Å². The smallest absolute Gasteiger partial charge is 0.191 e. The van der Waals surface area contributed by atoms with Crippen LogP contribution in [0.15, 0.2) is 52.6 Å². The molecule has 0 atom stereocenters. The van der Waals surface area contributed by atoms with Crippen LogP contribution >= 0.6 is 11.8 Å². The Morgan fingerprint density at radius 3 is 2.70 bits per heavy atom. The van der Waals surface area contributed by atoms with E-state index in [1.54, 1.807) is 0 Å². The predicted molar refractivity (Wildman–Crippen MR) is 95.7 cm³/mol. The van der Waals surface area contributed by atoms with Crippen LogP contribution in [0.2, 0.25) is 0 Å². The summed E-state index contributed by atoms with van der Waals surface area (Å²) in [5.74, 6) is 0.841. The average molecular weight is 329 g/mol. The zero-order chi connectivity index (χ0) is 16.1. The zero-order valence-corrected chi connectivity index (χ0v) is 14.4. The molecule has 122 valence electrons. The molecule has 1 aliphatic rings. The van der Waals surface area contributed by atoms with Crippen molar-refractivity contribution in [2.24, 2.45) is 12.0 Å². The van der Waals surface area contributed by atoms with Gasteiger partial charge in [-0.25, -0.2) is 0 Å². The number of benzene rings is 1. The van der Waals surface area contributed by atoms with Gasteiger partial charge in [0.2, 0.25) is 0 Å². The van der Waals surface area contributed by atoms with Gasteiger partial charge in [0.1, 0.15) is 0 Å². The summed E-state index contributed by atoms with van der Waals surface area (Å²) in [5, 5.41) is 11.0. The van der Waals surface area contributed by atoms with Crippen molar-refractivity contribution in [3.63, 3.8) is 0 Å². The highest BCUT2D eigenvalue weighted by atomic mass is 32.2. The van der Waals surface area contributed by atoms with E-state index in [1.807, 2.05) is 42.9 Å². The Kier molecular flexibility index (Phi) is 4.91. The van der Waals surface area contributed by atoms with Gasteiger partial charge in [0.15, 0.2) is 5.96 Å². The summed E-state index contributed by atoms with van der Waals surface area (Å²) in [7, 11) is 3.73. The SMILES string of the molecule is CN=C(NCc1cnn(C)c1)NCC1(Sc2ccccc2)CC1. The quantitative estimate of drug-likeness (QED) is 0.631. The first kappa shape index (κ1) is 15.9. The van der Waals surface area contributed by atoms with E-state index in [9.17, 15) is 0 Å². The number of rotatable bonds is 6. The normalized spacial score (nSPS) is 16.2. The molecule has 1 aromatic heterocycles. The van der Waals surface area contributed by atoms with Crippen molar-refractivity contribution in [1.29, 1.82) is 0 Å². The third kappa shape index (κ3) is 4.51. The van der Waals surface area contributed by atoms with Crippen LogP contribution in [-0.2, 0) is 13.6 Å². The Morgan fingerprint density at radius 2 is 2.09 bits per heavy atom. The minimum absolute atomic E-state index is 0.313. The predicted octanol–water partition coefficient (Wildman–Crippen LogP) is 2.41. The molecule has 0 amide bonds. The number of aliphatic imine (C=N–C) groups is 1. The van der Waals surface area contributed by atoms with Crippen molar-refractivity contribution in [2.45, 2.75) is 29.0 Å². The van der Waals surface area contributed by atoms with E-state index < -0.39 is 0 Å². The molecule has 0 spiro atoms. The molecule has 1 fully saturated rings. The maximum Gasteiger partial charge on any atom is 0.191 e. The molecule has 2 N–H and O–H groups in total. The Balaban J connectivity index is 1.48. The summed E-state index contributed by atoms with van der Waals surface area (Å²) >= 11 is 1.97. The summed E-state index contributed by atoms with van der Waals surface area (Å²) < 4.78 is 2.12. The fourth-order valence-corrected chi connectivity index (χ4v) is 3.65. The van der Waals surface area contributed by atoms with Crippen LogP contribution in [0.3, 0.4) is 0 Å². The van der Waals surface area contributed by atoms with Crippen LogP contribution in [0.25, 0.3) is 0 Å². The fraction of sp³-hybridized carbons (Fsp3) is 0.412. The second kappa shape index (κ2) is 7.08. The molecule has 0 bridgehead atoms. The highest BCUT2D eigenvalue weighted by molar-refractivity contribution is 8.01. The number of hydrogen-bond donors (Lipinski definition) is 2. The molecule has 0 aliphatic heterocycles. The molecule has 6 heteroatoms. The summed E-state index contributed by atoms with van der Waals surface area (Å²) in [5.41, 5.74) is 1.15. The molecule has 0 unspecified atom stereocenters. The van der Waals surface area contributed by atoms with E-state index in [0.29, 0.717) is 4.75 Å². The maximum absolute atomic E-state index is 4.31. The van der Waals surface area contributed by atoms with Gasteiger partial charge in [0, 0.05) is 48.6 Å². The molecule has 1 heterocycles. The first-order valence-corrected chi connectivity index (χ1v) is 8.67. The van der Waals surface area contributed by atoms with E-state index in [1.165, 1.54) is 17.7 Å². The monoisotopic (exact) mass is 329 g/mol. The van der Waals surface area contributed by atoms with Crippen LogP contribution in [0.1, 0.15) is 18.4 Å². The molecule has 2 aromatic rings. The van der Waals surface area contributed by atoms with Crippen LogP contribution in [-0.4, -0.2) is 34.1 Å². The standard InChI is InChI=1S/C17H23N5S/c1-18-16(19-10-14-11-21-22(2)12-14)20-13-17(8-9-17)23-15-6-4-3-5-7-15/h3-7,11-12H,8-10,13H2,1-2H3,(H2,18,19,20). The molecule has 1 saturated carbocycles. The number of nitrogens with zero attached hydrogens (tertiary/aromatic N) is 3. The second-order valence-corrected chi connectivity index (χ2v) is 7.44. The molecular weight excluding hydrogens is 306 g/mol. The van der Waals surface area contributed by atoms with Crippen molar-refractivity contribution in [1.82, 2.24) is 20.4 Å². The number of guanidine groups is 1. The lowest BCUT2D eigenvalue weighted by atomic mass is 10.3. The molecular formula is C17H23N5S. The van der Waals surface area contributed by atoms with Gasteiger partial charge in [-0.2, -0.15) is 5.10 Å². The minimum Gasteiger partial charge on any atom is -0.355 e. The summed E-state index contributed by atoms with van der Waals surface area (Å²) in [6.07, 6.45) is 6.38. The van der Waals surface area contributed by atoms with Crippen LogP contribution < -0.4 is 10.6 Å². The Labute approximate surface area is 141 Å². The van der Waals surface area contributed by atoms with Crippen molar-refractivity contribution in [3.8, 4) is 0 Å². The molecule has 0 radical (unpaired) electrons. The first-order valence-electron chi connectivity index (χ1n) is 7.85. The van der Waals surface area contributed by atoms with E-state index in [-0.39, 0.29) is 0 Å². The van der Waals surface area contributed by atoms with E-state index >= 15 is 0 Å². The number of hydrogen-bond acceptors (Lipinski definition) is 3. The van der Waals surface area contributed by atoms with Crippen LogP contribution in [0.4, 0.5) is 0 Å². The number of aromatic nitrogens is 2. The van der Waals surface area contributed by atoms with Gasteiger partial charge in [0.05, 0.1) is 6.20 Å². The topological polar surface area (TPSA) is 54.2 Å². The van der Waals surface area contributed by atoms with Gasteiger partial charge in [0.25, 0.3) is 0 Å². The van der Waals surface area contributed by atoms with Crippen LogP contribution in [0.5, 0.6) is 0 Å². The highest BCUT2D eigenvalue weighted by Gasteiger charge is 2.43. The lowest BCUT2D eigenvalue weighted by Crippen LogP contribution is -2.40. The van der Waals surface area contributed by atoms with Gasteiger partial charge >= 0.3 is 0 Å². The van der Waals surface area contributed by atoms with Crippen molar-refractivity contribution < 1.29 is 0 Å². The molecule has 5 nitrogen and oxygen atoms in total. The van der Waals surface area contributed by atoms with Crippen LogP contribution in [0, 0.1) is 0 Å². The largest absolute Gasteiger partial charge is 0.355 e. The molecule has 23 heavy (non-hydrogen) atoms. The molecule has 1 aromatic carbocycles. The van der Waals surface area contributed by atoms with Gasteiger partial charge in [-0.3, -0.25) is 9.67 Å². The van der Waals surface area contributed by atoms with Gasteiger partial charge in [-0.15, -0.1) is 11.8 Å². The minimum atomic E-state index is 0.313. The summed E-state index contributed by atoms with van der Waals surface area (Å²) in [6, 6.07) is 10.6. The Hall–Kier alpha value is -1.95. The molecule has 1 aliphatic carbocycles. The second-order valence-electron chi connectivity index (χ2n) is 5.90. The van der Waals surface area contributed by atoms with Crippen molar-refractivity contribution in [2.75, 3.05) is 13.6 Å². The summed E-state index contributed by atoms with van der Waals surface area (Å²) in [6.45, 7) is 1.66. The average Bonchev–Trinajstić information content (AvgIpc) is 3.20. The number of thioether (sulfide) groups is 1. The van der Waals surface area contributed by atoms with Gasteiger partial charge < -0.3 is 10.6 Å².